The van der Waals surface area contributed by atoms with E-state index in [4.69, 9.17) is 14.9 Å². The minimum absolute atomic E-state index is 0.0682. The first-order valence-electron chi connectivity index (χ1n) is 10.4. The summed E-state index contributed by atoms with van der Waals surface area (Å²) in [7, 11) is 0. The maximum Gasteiger partial charge on any atom is 0.411 e. The molecule has 0 saturated carbocycles. The van der Waals surface area contributed by atoms with Crippen molar-refractivity contribution in [3.05, 3.63) is 87.9 Å². The van der Waals surface area contributed by atoms with Gasteiger partial charge in [-0.1, -0.05) is 48.5 Å². The van der Waals surface area contributed by atoms with Crippen molar-refractivity contribution >= 4 is 39.6 Å². The fourth-order valence-corrected chi connectivity index (χ4v) is 4.41. The summed E-state index contributed by atoms with van der Waals surface area (Å²) in [6.45, 7) is -0.570. The quantitative estimate of drug-likeness (QED) is 0.370. The van der Waals surface area contributed by atoms with Crippen molar-refractivity contribution in [2.45, 2.75) is 12.0 Å². The molecule has 1 aliphatic carbocycles. The van der Waals surface area contributed by atoms with Gasteiger partial charge in [0.2, 0.25) is 0 Å². The van der Waals surface area contributed by atoms with Crippen LogP contribution in [-0.4, -0.2) is 47.4 Å². The molecule has 0 aliphatic heterocycles. The average Bonchev–Trinajstić information content (AvgIpc) is 3.16. The van der Waals surface area contributed by atoms with E-state index in [0.29, 0.717) is 10.2 Å². The van der Waals surface area contributed by atoms with Gasteiger partial charge in [0.1, 0.15) is 6.61 Å². The van der Waals surface area contributed by atoms with E-state index >= 15 is 0 Å². The normalized spacial score (nSPS) is 12.9. The van der Waals surface area contributed by atoms with Crippen LogP contribution in [0.4, 0.5) is 10.5 Å². The molecule has 0 heterocycles. The first-order chi connectivity index (χ1) is 16.4. The van der Waals surface area contributed by atoms with Crippen molar-refractivity contribution in [3.63, 3.8) is 0 Å². The number of hydrogen-bond acceptors (Lipinski definition) is 5. The zero-order chi connectivity index (χ0) is 24.2. The van der Waals surface area contributed by atoms with Gasteiger partial charge in [-0.3, -0.25) is 10.1 Å². The number of aliphatic hydroxyl groups is 1. The Labute approximate surface area is 203 Å². The minimum Gasteiger partial charge on any atom is -0.480 e. The molecule has 4 rings (SSSR count). The molecule has 174 valence electrons. The molecule has 0 radical (unpaired) electrons. The number of carbonyl (C=O) groups excluding carboxylic acids is 2. The van der Waals surface area contributed by atoms with Gasteiger partial charge >= 0.3 is 12.1 Å². The summed E-state index contributed by atoms with van der Waals surface area (Å²) in [5.74, 6) is -2.08. The van der Waals surface area contributed by atoms with Gasteiger partial charge in [0.05, 0.1) is 12.3 Å². The zero-order valence-corrected chi connectivity index (χ0v) is 19.4. The molecule has 0 unspecified atom stereocenters. The highest BCUT2D eigenvalue weighted by atomic mass is 79.9. The maximum atomic E-state index is 12.5. The Kier molecular flexibility index (Phi) is 6.95. The van der Waals surface area contributed by atoms with Crippen molar-refractivity contribution in [3.8, 4) is 11.1 Å². The Hall–Kier alpha value is -3.69. The molecule has 34 heavy (non-hydrogen) atoms. The third kappa shape index (κ3) is 4.80. The number of benzene rings is 3. The van der Waals surface area contributed by atoms with E-state index in [1.807, 2.05) is 36.4 Å². The third-order valence-corrected chi connectivity index (χ3v) is 6.25. The van der Waals surface area contributed by atoms with Crippen LogP contribution in [0.3, 0.4) is 0 Å². The number of carbonyl (C=O) groups is 3. The van der Waals surface area contributed by atoms with Gasteiger partial charge in [-0.25, -0.2) is 9.59 Å². The summed E-state index contributed by atoms with van der Waals surface area (Å²) in [5, 5.41) is 22.9. The molecule has 1 atom stereocenters. The number of aliphatic hydroxyl groups excluding tert-OH is 1. The number of halogens is 1. The van der Waals surface area contributed by atoms with Crippen LogP contribution < -0.4 is 10.6 Å². The van der Waals surface area contributed by atoms with E-state index in [2.05, 4.69) is 38.7 Å². The second kappa shape index (κ2) is 10.1. The van der Waals surface area contributed by atoms with E-state index in [0.717, 1.165) is 22.3 Å². The smallest absolute Gasteiger partial charge is 0.411 e. The van der Waals surface area contributed by atoms with Crippen LogP contribution in [0, 0.1) is 0 Å². The lowest BCUT2D eigenvalue weighted by molar-refractivity contribution is -0.140. The van der Waals surface area contributed by atoms with Crippen LogP contribution in [0.15, 0.2) is 71.2 Å². The van der Waals surface area contributed by atoms with Crippen LogP contribution >= 0.6 is 15.9 Å². The highest BCUT2D eigenvalue weighted by molar-refractivity contribution is 9.10. The lowest BCUT2D eigenvalue weighted by Crippen LogP contribution is -2.43. The molecular weight excluding hydrogens is 504 g/mol. The Morgan fingerprint density at radius 2 is 1.59 bits per heavy atom. The molecule has 0 saturated heterocycles. The van der Waals surface area contributed by atoms with Crippen LogP contribution in [-0.2, 0) is 9.53 Å². The van der Waals surface area contributed by atoms with Crippen LogP contribution in [0.5, 0.6) is 0 Å². The first kappa shape index (κ1) is 23.5. The van der Waals surface area contributed by atoms with E-state index in [9.17, 15) is 14.4 Å². The number of hydrogen-bond donors (Lipinski definition) is 4. The minimum atomic E-state index is -1.41. The van der Waals surface area contributed by atoms with Crippen LogP contribution in [0.25, 0.3) is 11.1 Å². The number of fused-ring (bicyclic) bond motifs is 3. The summed E-state index contributed by atoms with van der Waals surface area (Å²) < 4.78 is 5.93. The summed E-state index contributed by atoms with van der Waals surface area (Å²) in [6.07, 6.45) is -0.647. The van der Waals surface area contributed by atoms with Gasteiger partial charge < -0.3 is 20.3 Å². The van der Waals surface area contributed by atoms with Crippen molar-refractivity contribution in [1.82, 2.24) is 5.32 Å². The molecule has 8 nitrogen and oxygen atoms in total. The average molecular weight is 525 g/mol. The number of anilines is 1. The highest BCUT2D eigenvalue weighted by Gasteiger charge is 2.29. The number of carboxylic acid groups (broad SMARTS) is 1. The number of rotatable bonds is 7. The Morgan fingerprint density at radius 1 is 0.971 bits per heavy atom. The fraction of sp³-hybridized carbons (Fsp3) is 0.160. The molecule has 1 aliphatic rings. The predicted molar refractivity (Wildman–Crippen MR) is 129 cm³/mol. The van der Waals surface area contributed by atoms with Crippen molar-refractivity contribution in [1.29, 1.82) is 0 Å². The molecule has 2 amide bonds. The fourth-order valence-electron chi connectivity index (χ4n) is 3.93. The number of amides is 2. The van der Waals surface area contributed by atoms with Crippen molar-refractivity contribution < 1.29 is 29.3 Å². The molecule has 4 N–H and O–H groups in total. The monoisotopic (exact) mass is 524 g/mol. The number of carboxylic acids is 1. The summed E-state index contributed by atoms with van der Waals surface area (Å²) in [6, 6.07) is 19.0. The lowest BCUT2D eigenvalue weighted by atomic mass is 9.98. The summed E-state index contributed by atoms with van der Waals surface area (Å²) >= 11 is 3.30. The molecule has 0 bridgehead atoms. The number of ether oxygens (including phenoxy) is 1. The van der Waals surface area contributed by atoms with Crippen LogP contribution in [0.1, 0.15) is 27.4 Å². The SMILES string of the molecule is O=C(Nc1ccc(C(=O)N[C@H](CO)C(=O)O)cc1Br)OCC1c2ccccc2-c2ccccc21. The first-order valence-corrected chi connectivity index (χ1v) is 11.2. The zero-order valence-electron chi connectivity index (χ0n) is 17.8. The number of aliphatic carboxylic acids is 1. The standard InChI is InChI=1S/C25H21BrN2O6/c26-20-11-14(23(30)27-22(12-29)24(31)32)9-10-21(20)28-25(33)34-13-19-17-7-3-1-5-15(17)16-6-2-4-8-18(16)19/h1-11,19,22,29H,12-13H2,(H,27,30)(H,28,33)(H,31,32)/t22-/m1/s1. The van der Waals surface area contributed by atoms with Gasteiger partial charge in [0.25, 0.3) is 5.91 Å². The summed E-state index contributed by atoms with van der Waals surface area (Å²) in [5.41, 5.74) is 5.02. The van der Waals surface area contributed by atoms with Crippen molar-refractivity contribution in [2.24, 2.45) is 0 Å². The lowest BCUT2D eigenvalue weighted by Gasteiger charge is -2.15. The molecule has 9 heteroatoms. The molecule has 0 fully saturated rings. The number of nitrogens with one attached hydrogen (secondary N) is 2. The van der Waals surface area contributed by atoms with Crippen LogP contribution in [0.2, 0.25) is 0 Å². The molecule has 0 aromatic heterocycles. The molecule has 0 spiro atoms. The Bertz CT molecular complexity index is 1220. The van der Waals surface area contributed by atoms with E-state index in [1.54, 1.807) is 0 Å². The predicted octanol–water partition coefficient (Wildman–Crippen LogP) is 3.99. The molecule has 3 aromatic carbocycles. The third-order valence-electron chi connectivity index (χ3n) is 5.60. The Balaban J connectivity index is 1.40. The van der Waals surface area contributed by atoms with E-state index in [1.165, 1.54) is 18.2 Å². The van der Waals surface area contributed by atoms with Gasteiger partial charge in [-0.2, -0.15) is 0 Å². The second-order valence-corrected chi connectivity index (χ2v) is 8.55. The summed E-state index contributed by atoms with van der Waals surface area (Å²) in [4.78, 5) is 35.7. The maximum absolute atomic E-state index is 12.5. The van der Waals surface area contributed by atoms with Crippen molar-refractivity contribution in [2.75, 3.05) is 18.5 Å². The largest absolute Gasteiger partial charge is 0.480 e. The van der Waals surface area contributed by atoms with Gasteiger partial charge in [-0.15, -0.1) is 0 Å². The Morgan fingerprint density at radius 3 is 2.15 bits per heavy atom. The van der Waals surface area contributed by atoms with Gasteiger partial charge in [-0.05, 0) is 56.4 Å². The van der Waals surface area contributed by atoms with Gasteiger partial charge in [0, 0.05) is 16.0 Å². The van der Waals surface area contributed by atoms with Gasteiger partial charge in [0.15, 0.2) is 6.04 Å². The molecular formula is C25H21BrN2O6. The second-order valence-electron chi connectivity index (χ2n) is 7.69. The molecule has 3 aromatic rings. The topological polar surface area (TPSA) is 125 Å². The van der Waals surface area contributed by atoms with E-state index in [-0.39, 0.29) is 18.1 Å². The van der Waals surface area contributed by atoms with E-state index < -0.39 is 30.6 Å². The highest BCUT2D eigenvalue weighted by Crippen LogP contribution is 2.44.